The summed E-state index contributed by atoms with van der Waals surface area (Å²) in [4.78, 5) is 29.8. The van der Waals surface area contributed by atoms with Crippen molar-refractivity contribution in [2.45, 2.75) is 75.7 Å². The predicted molar refractivity (Wildman–Crippen MR) is 143 cm³/mol. The summed E-state index contributed by atoms with van der Waals surface area (Å²) in [6.45, 7) is 7.37. The molecule has 1 aromatic carbocycles. The van der Waals surface area contributed by atoms with Gasteiger partial charge in [0.05, 0.1) is 13.2 Å². The standard InChI is InChI=1S/C29H41N3O6/c1-6-8-14-30-26(34)37-18-29(35)24-28(21-11-10-20(36-5)17-22(21)31(24)4)13-16-32-15-9-12-27(7-2,23(28)32)25(29)38-19(3)33/h9-12,17,23-25,35H,6-8,13-16,18H2,1-5H3,(H,30,34)/t23-,24+,25+,27+,28+,29?/m0/s1. The number of nitrogens with one attached hydrogen (secondary N) is 1. The molecule has 2 N–H and O–H groups in total. The van der Waals surface area contributed by atoms with Gasteiger partial charge in [-0.2, -0.15) is 0 Å². The molecule has 2 fully saturated rings. The van der Waals surface area contributed by atoms with Crippen molar-refractivity contribution in [3.8, 4) is 5.75 Å². The predicted octanol–water partition coefficient (Wildman–Crippen LogP) is 2.99. The molecule has 9 nitrogen and oxygen atoms in total. The number of ether oxygens (including phenoxy) is 3. The highest BCUT2D eigenvalue weighted by atomic mass is 16.6. The molecule has 0 bridgehead atoms. The summed E-state index contributed by atoms with van der Waals surface area (Å²) in [6, 6.07) is 5.61. The van der Waals surface area contributed by atoms with Crippen molar-refractivity contribution in [2.75, 3.05) is 45.3 Å². The van der Waals surface area contributed by atoms with Crippen molar-refractivity contribution in [1.82, 2.24) is 10.2 Å². The number of unbranched alkanes of at least 4 members (excludes halogenated alkanes) is 1. The fraction of sp³-hybridized carbons (Fsp3) is 0.655. The summed E-state index contributed by atoms with van der Waals surface area (Å²) in [7, 11) is 3.61. The minimum atomic E-state index is -1.68. The smallest absolute Gasteiger partial charge is 0.407 e. The van der Waals surface area contributed by atoms with Gasteiger partial charge in [-0.3, -0.25) is 9.69 Å². The van der Waals surface area contributed by atoms with Crippen LogP contribution in [0.25, 0.3) is 0 Å². The Labute approximate surface area is 225 Å². The molecule has 38 heavy (non-hydrogen) atoms. The van der Waals surface area contributed by atoms with Crippen LogP contribution in [0.15, 0.2) is 30.4 Å². The number of likely N-dealkylation sites (N-methyl/N-ethyl adjacent to an activating group) is 1. The minimum Gasteiger partial charge on any atom is -0.497 e. The van der Waals surface area contributed by atoms with Crippen LogP contribution in [0.2, 0.25) is 0 Å². The number of rotatable bonds is 8. The monoisotopic (exact) mass is 527 g/mol. The first-order chi connectivity index (χ1) is 18.2. The molecule has 0 aromatic heterocycles. The van der Waals surface area contributed by atoms with Crippen molar-refractivity contribution in [3.05, 3.63) is 35.9 Å². The molecule has 4 aliphatic rings. The fourth-order valence-corrected chi connectivity index (χ4v) is 8.21. The second kappa shape index (κ2) is 9.75. The van der Waals surface area contributed by atoms with Crippen molar-refractivity contribution in [1.29, 1.82) is 0 Å². The lowest BCUT2D eigenvalue weighted by Crippen LogP contribution is -2.80. The number of nitrogens with zero attached hydrogens (tertiary/aromatic N) is 2. The Balaban J connectivity index is 1.68. The molecule has 1 amide bonds. The van der Waals surface area contributed by atoms with Crippen molar-refractivity contribution < 1.29 is 28.9 Å². The first-order valence-corrected chi connectivity index (χ1v) is 13.8. The van der Waals surface area contributed by atoms with E-state index in [0.717, 1.165) is 49.4 Å². The van der Waals surface area contributed by atoms with Crippen molar-refractivity contribution in [3.63, 3.8) is 0 Å². The number of methoxy groups -OCH3 is 1. The molecule has 208 valence electrons. The quantitative estimate of drug-likeness (QED) is 0.302. The van der Waals surface area contributed by atoms with Gasteiger partial charge in [0.1, 0.15) is 18.5 Å². The van der Waals surface area contributed by atoms with Crippen LogP contribution in [-0.2, 0) is 19.7 Å². The highest BCUT2D eigenvalue weighted by Gasteiger charge is 2.78. The molecule has 0 radical (unpaired) electrons. The van der Waals surface area contributed by atoms with Crippen LogP contribution in [0, 0.1) is 5.41 Å². The fourth-order valence-electron chi connectivity index (χ4n) is 8.21. The Kier molecular flexibility index (Phi) is 6.88. The van der Waals surface area contributed by atoms with Gasteiger partial charge in [0.2, 0.25) is 0 Å². The van der Waals surface area contributed by atoms with E-state index in [1.807, 2.05) is 26.1 Å². The number of esters is 1. The first kappa shape index (κ1) is 26.8. The number of alkyl carbamates (subject to hydrolysis) is 1. The van der Waals surface area contributed by atoms with E-state index in [1.165, 1.54) is 6.92 Å². The minimum absolute atomic E-state index is 0.00454. The molecular weight excluding hydrogens is 486 g/mol. The second-order valence-electron chi connectivity index (χ2n) is 11.3. The average molecular weight is 528 g/mol. The molecule has 3 heterocycles. The number of carbonyl (C=O) groups is 2. The lowest BCUT2D eigenvalue weighted by Gasteiger charge is -2.64. The topological polar surface area (TPSA) is 101 Å². The third-order valence-electron chi connectivity index (χ3n) is 9.45. The maximum Gasteiger partial charge on any atom is 0.407 e. The number of carbonyl (C=O) groups excluding carboxylic acids is 2. The number of fused-ring (bicyclic) bond motifs is 1. The third-order valence-corrected chi connectivity index (χ3v) is 9.45. The number of amides is 1. The maximum atomic E-state index is 12.9. The van der Waals surface area contributed by atoms with E-state index in [9.17, 15) is 14.7 Å². The summed E-state index contributed by atoms with van der Waals surface area (Å²) < 4.78 is 17.4. The molecule has 5 rings (SSSR count). The van der Waals surface area contributed by atoms with Gasteiger partial charge in [-0.05, 0) is 37.4 Å². The van der Waals surface area contributed by atoms with Gasteiger partial charge >= 0.3 is 12.1 Å². The van der Waals surface area contributed by atoms with Crippen LogP contribution in [0.1, 0.15) is 52.0 Å². The highest BCUT2D eigenvalue weighted by molar-refractivity contribution is 5.72. The molecule has 1 spiro atoms. The number of hydrogen-bond donors (Lipinski definition) is 2. The van der Waals surface area contributed by atoms with E-state index in [0.29, 0.717) is 13.0 Å². The van der Waals surface area contributed by atoms with E-state index in [2.05, 4.69) is 40.3 Å². The lowest BCUT2D eigenvalue weighted by molar-refractivity contribution is -0.228. The number of benzene rings is 1. The third kappa shape index (κ3) is 3.65. The zero-order valence-corrected chi connectivity index (χ0v) is 23.2. The number of anilines is 1. The van der Waals surface area contributed by atoms with Crippen molar-refractivity contribution in [2.24, 2.45) is 5.41 Å². The van der Waals surface area contributed by atoms with Gasteiger partial charge in [0.15, 0.2) is 5.60 Å². The van der Waals surface area contributed by atoms with E-state index < -0.39 is 40.6 Å². The molecule has 1 aliphatic carbocycles. The summed E-state index contributed by atoms with van der Waals surface area (Å²) in [6.07, 6.45) is 6.04. The van der Waals surface area contributed by atoms with E-state index in [-0.39, 0.29) is 12.6 Å². The number of hydrogen-bond acceptors (Lipinski definition) is 8. The zero-order chi connectivity index (χ0) is 27.3. The van der Waals surface area contributed by atoms with Crippen molar-refractivity contribution >= 4 is 17.7 Å². The van der Waals surface area contributed by atoms with Crippen LogP contribution in [-0.4, -0.2) is 86.3 Å². The van der Waals surface area contributed by atoms with Gasteiger partial charge in [-0.25, -0.2) is 4.79 Å². The molecule has 6 atom stereocenters. The Bertz CT molecular complexity index is 1130. The van der Waals surface area contributed by atoms with E-state index >= 15 is 0 Å². The SMILES string of the molecule is CCCCNC(=O)OCC1(O)[C@H](OC(C)=O)[C@]2(CC)C=CCN3CC[C@@]4(c5ccc(OC)cc5N(C)[C@@H]14)[C@@H]32. The van der Waals surface area contributed by atoms with Crippen LogP contribution in [0.3, 0.4) is 0 Å². The lowest BCUT2D eigenvalue weighted by atomic mass is 9.48. The molecular formula is C29H41N3O6. The van der Waals surface area contributed by atoms with Gasteiger partial charge in [0.25, 0.3) is 0 Å². The normalized spacial score (nSPS) is 34.8. The summed E-state index contributed by atoms with van der Waals surface area (Å²) in [5.74, 6) is 0.266. The van der Waals surface area contributed by atoms with Gasteiger partial charge in [-0.15, -0.1) is 0 Å². The molecule has 1 unspecified atom stereocenters. The Morgan fingerprint density at radius 1 is 1.24 bits per heavy atom. The molecule has 1 aromatic rings. The molecule has 9 heteroatoms. The first-order valence-electron chi connectivity index (χ1n) is 13.8. The van der Waals surface area contributed by atoms with Crippen LogP contribution in [0.4, 0.5) is 10.5 Å². The van der Waals surface area contributed by atoms with Gasteiger partial charge in [-0.1, -0.05) is 38.5 Å². The van der Waals surface area contributed by atoms with Gasteiger partial charge in [0, 0.05) is 55.7 Å². The number of aliphatic hydroxyl groups is 1. The van der Waals surface area contributed by atoms with Crippen LogP contribution >= 0.6 is 0 Å². The largest absolute Gasteiger partial charge is 0.497 e. The van der Waals surface area contributed by atoms with Crippen LogP contribution < -0.4 is 15.0 Å². The van der Waals surface area contributed by atoms with Crippen LogP contribution in [0.5, 0.6) is 5.75 Å². The van der Waals surface area contributed by atoms with Gasteiger partial charge < -0.3 is 29.5 Å². The summed E-state index contributed by atoms with van der Waals surface area (Å²) in [5, 5.41) is 15.7. The Morgan fingerprint density at radius 3 is 2.71 bits per heavy atom. The molecule has 1 saturated carbocycles. The zero-order valence-electron chi connectivity index (χ0n) is 23.2. The summed E-state index contributed by atoms with van der Waals surface area (Å²) in [5.41, 5.74) is -0.691. The Hall–Kier alpha value is -2.78. The maximum absolute atomic E-state index is 12.9. The second-order valence-corrected chi connectivity index (χ2v) is 11.3. The van der Waals surface area contributed by atoms with E-state index in [1.54, 1.807) is 7.11 Å². The Morgan fingerprint density at radius 2 is 2.03 bits per heavy atom. The van der Waals surface area contributed by atoms with E-state index in [4.69, 9.17) is 14.2 Å². The average Bonchev–Trinajstić information content (AvgIpc) is 3.42. The highest BCUT2D eigenvalue weighted by Crippen LogP contribution is 2.67. The molecule has 3 aliphatic heterocycles. The molecule has 1 saturated heterocycles. The summed E-state index contributed by atoms with van der Waals surface area (Å²) >= 11 is 0.